The first-order valence-electron chi connectivity index (χ1n) is 13.1. The van der Waals surface area contributed by atoms with Crippen LogP contribution >= 0.6 is 34.8 Å². The molecule has 7 nitrogen and oxygen atoms in total. The van der Waals surface area contributed by atoms with Gasteiger partial charge in [0.05, 0.1) is 11.9 Å². The Bertz CT molecular complexity index is 1460. The van der Waals surface area contributed by atoms with Gasteiger partial charge in [-0.15, -0.1) is 0 Å². The van der Waals surface area contributed by atoms with Gasteiger partial charge in [0.25, 0.3) is 0 Å². The van der Waals surface area contributed by atoms with Gasteiger partial charge in [-0.3, -0.25) is 13.9 Å². The van der Waals surface area contributed by atoms with E-state index in [1.54, 1.807) is 43.3 Å². The first-order valence-corrected chi connectivity index (χ1v) is 16.0. The summed E-state index contributed by atoms with van der Waals surface area (Å²) in [6, 6.07) is 18.1. The molecular weight excluding hydrogens is 605 g/mol. The van der Waals surface area contributed by atoms with Crippen LogP contribution in [-0.4, -0.2) is 50.5 Å². The molecule has 0 fully saturated rings. The van der Waals surface area contributed by atoms with Gasteiger partial charge >= 0.3 is 0 Å². The Labute approximate surface area is 257 Å². The molecule has 3 aromatic carbocycles. The maximum absolute atomic E-state index is 14.2. The third-order valence-corrected chi connectivity index (χ3v) is 8.78. The van der Waals surface area contributed by atoms with E-state index in [-0.39, 0.29) is 30.5 Å². The molecule has 1 N–H and O–H groups in total. The van der Waals surface area contributed by atoms with Crippen LogP contribution in [0.2, 0.25) is 15.1 Å². The summed E-state index contributed by atoms with van der Waals surface area (Å²) in [5.41, 5.74) is 2.05. The molecule has 0 aliphatic heterocycles. The molecule has 0 unspecified atom stereocenters. The van der Waals surface area contributed by atoms with Crippen molar-refractivity contribution in [2.24, 2.45) is 5.92 Å². The van der Waals surface area contributed by atoms with E-state index in [0.717, 1.165) is 16.1 Å². The lowest BCUT2D eigenvalue weighted by Crippen LogP contribution is -2.53. The van der Waals surface area contributed by atoms with Crippen molar-refractivity contribution in [3.05, 3.63) is 98.5 Å². The molecule has 0 aliphatic carbocycles. The third-order valence-electron chi connectivity index (χ3n) is 6.53. The molecule has 0 aliphatic rings. The Morgan fingerprint density at radius 3 is 2.05 bits per heavy atom. The Balaban J connectivity index is 2.12. The molecule has 41 heavy (non-hydrogen) atoms. The molecular formula is C30H34Cl3N3O4S. The summed E-state index contributed by atoms with van der Waals surface area (Å²) in [6.45, 7) is 5.34. The number of halogens is 3. The average Bonchev–Trinajstić information content (AvgIpc) is 2.91. The molecule has 3 aromatic rings. The molecule has 0 saturated carbocycles. The van der Waals surface area contributed by atoms with Crippen LogP contribution in [0.15, 0.2) is 66.7 Å². The maximum Gasteiger partial charge on any atom is 0.244 e. The van der Waals surface area contributed by atoms with Crippen molar-refractivity contribution in [1.29, 1.82) is 0 Å². The predicted molar refractivity (Wildman–Crippen MR) is 167 cm³/mol. The van der Waals surface area contributed by atoms with Crippen molar-refractivity contribution < 1.29 is 18.0 Å². The van der Waals surface area contributed by atoms with Gasteiger partial charge in [0.15, 0.2) is 0 Å². The summed E-state index contributed by atoms with van der Waals surface area (Å²) in [5, 5.41) is 3.94. The second-order valence-corrected chi connectivity index (χ2v) is 13.3. The van der Waals surface area contributed by atoms with Crippen LogP contribution in [0.3, 0.4) is 0 Å². The lowest BCUT2D eigenvalue weighted by atomic mass is 10.0. The molecule has 0 saturated heterocycles. The van der Waals surface area contributed by atoms with Gasteiger partial charge in [-0.25, -0.2) is 8.42 Å². The van der Waals surface area contributed by atoms with Crippen LogP contribution in [0, 0.1) is 12.8 Å². The summed E-state index contributed by atoms with van der Waals surface area (Å²) in [5.74, 6) is -0.805. The fourth-order valence-electron chi connectivity index (χ4n) is 4.29. The number of rotatable bonds is 12. The Kier molecular flexibility index (Phi) is 11.5. The highest BCUT2D eigenvalue weighted by molar-refractivity contribution is 7.92. The van der Waals surface area contributed by atoms with Crippen molar-refractivity contribution >= 4 is 62.3 Å². The smallest absolute Gasteiger partial charge is 0.244 e. The minimum Gasteiger partial charge on any atom is -0.354 e. The van der Waals surface area contributed by atoms with E-state index in [9.17, 15) is 18.0 Å². The number of nitrogens with zero attached hydrogens (tertiary/aromatic N) is 2. The van der Waals surface area contributed by atoms with Crippen LogP contribution in [0.5, 0.6) is 0 Å². The van der Waals surface area contributed by atoms with Gasteiger partial charge in [0.1, 0.15) is 12.6 Å². The molecule has 0 spiro atoms. The monoisotopic (exact) mass is 637 g/mol. The van der Waals surface area contributed by atoms with Gasteiger partial charge in [-0.2, -0.15) is 0 Å². The van der Waals surface area contributed by atoms with Crippen LogP contribution in [0.25, 0.3) is 0 Å². The van der Waals surface area contributed by atoms with Crippen LogP contribution in [0.1, 0.15) is 30.5 Å². The van der Waals surface area contributed by atoms with E-state index in [1.807, 2.05) is 44.2 Å². The molecule has 3 rings (SSSR count). The lowest BCUT2D eigenvalue weighted by Gasteiger charge is -2.34. The van der Waals surface area contributed by atoms with Crippen LogP contribution in [-0.2, 0) is 32.6 Å². The first-order chi connectivity index (χ1) is 19.3. The molecule has 11 heteroatoms. The number of nitrogens with one attached hydrogen (secondary N) is 1. The zero-order valence-electron chi connectivity index (χ0n) is 23.4. The van der Waals surface area contributed by atoms with Gasteiger partial charge < -0.3 is 10.2 Å². The average molecular weight is 639 g/mol. The van der Waals surface area contributed by atoms with Crippen molar-refractivity contribution in [2.45, 2.75) is 39.8 Å². The number of hydrogen-bond donors (Lipinski definition) is 1. The number of amides is 2. The summed E-state index contributed by atoms with van der Waals surface area (Å²) in [4.78, 5) is 29.2. The minimum absolute atomic E-state index is 0.115. The molecule has 1 atom stereocenters. The highest BCUT2D eigenvalue weighted by Gasteiger charge is 2.34. The molecule has 0 heterocycles. The topological polar surface area (TPSA) is 86.8 Å². The summed E-state index contributed by atoms with van der Waals surface area (Å²) in [6.07, 6.45) is 1.21. The van der Waals surface area contributed by atoms with E-state index < -0.39 is 28.5 Å². The van der Waals surface area contributed by atoms with Gasteiger partial charge in [-0.05, 0) is 48.2 Å². The van der Waals surface area contributed by atoms with Gasteiger partial charge in [-0.1, -0.05) is 91.1 Å². The van der Waals surface area contributed by atoms with Gasteiger partial charge in [0.2, 0.25) is 21.8 Å². The van der Waals surface area contributed by atoms with E-state index in [0.29, 0.717) is 32.7 Å². The summed E-state index contributed by atoms with van der Waals surface area (Å²) < 4.78 is 27.0. The van der Waals surface area contributed by atoms with E-state index in [4.69, 9.17) is 34.8 Å². The van der Waals surface area contributed by atoms with Crippen molar-refractivity contribution in [3.63, 3.8) is 0 Å². The van der Waals surface area contributed by atoms with E-state index in [2.05, 4.69) is 5.32 Å². The van der Waals surface area contributed by atoms with E-state index >= 15 is 0 Å². The van der Waals surface area contributed by atoms with Crippen LogP contribution < -0.4 is 9.62 Å². The molecule has 0 radical (unpaired) electrons. The first kappa shape index (κ1) is 32.7. The fraction of sp³-hybridized carbons (Fsp3) is 0.333. The molecule has 0 aromatic heterocycles. The van der Waals surface area contributed by atoms with Crippen molar-refractivity contribution in [1.82, 2.24) is 10.2 Å². The highest BCUT2D eigenvalue weighted by Crippen LogP contribution is 2.30. The lowest BCUT2D eigenvalue weighted by molar-refractivity contribution is -0.140. The number of sulfonamides is 1. The van der Waals surface area contributed by atoms with Crippen molar-refractivity contribution in [3.8, 4) is 0 Å². The molecule has 220 valence electrons. The fourth-order valence-corrected chi connectivity index (χ4v) is 5.88. The number of carbonyl (C=O) groups is 2. The second kappa shape index (κ2) is 14.4. The Morgan fingerprint density at radius 2 is 1.46 bits per heavy atom. The standard InChI is InChI=1S/C30H34Cl3N3O4S/c1-20(2)17-34-30(38)28(16-22-10-6-5-7-11-22)35(18-23-25(32)13-8-14-26(23)33)29(37)19-36(41(4,39)40)27-15-9-12-24(31)21(27)3/h5-15,20,28H,16-19H2,1-4H3,(H,34,38)/t28-/m1/s1. The number of anilines is 1. The zero-order valence-corrected chi connectivity index (χ0v) is 26.5. The Hall–Kier alpha value is -2.78. The largest absolute Gasteiger partial charge is 0.354 e. The highest BCUT2D eigenvalue weighted by atomic mass is 35.5. The molecule has 0 bridgehead atoms. The summed E-state index contributed by atoms with van der Waals surface area (Å²) in [7, 11) is -3.93. The number of carbonyl (C=O) groups excluding carboxylic acids is 2. The Morgan fingerprint density at radius 1 is 0.878 bits per heavy atom. The SMILES string of the molecule is Cc1c(Cl)cccc1N(CC(=O)N(Cc1c(Cl)cccc1Cl)[C@H](Cc1ccccc1)C(=O)NCC(C)C)S(C)(=O)=O. The van der Waals surface area contributed by atoms with Crippen LogP contribution in [0.4, 0.5) is 5.69 Å². The third kappa shape index (κ3) is 8.85. The summed E-state index contributed by atoms with van der Waals surface area (Å²) >= 11 is 19.3. The van der Waals surface area contributed by atoms with E-state index in [1.165, 1.54) is 4.90 Å². The second-order valence-electron chi connectivity index (χ2n) is 10.2. The molecule has 2 amide bonds. The van der Waals surface area contributed by atoms with Crippen molar-refractivity contribution in [2.75, 3.05) is 23.7 Å². The zero-order chi connectivity index (χ0) is 30.3. The quantitative estimate of drug-likeness (QED) is 0.259. The predicted octanol–water partition coefficient (Wildman–Crippen LogP) is 6.13. The minimum atomic E-state index is -3.93. The maximum atomic E-state index is 14.2. The number of hydrogen-bond acceptors (Lipinski definition) is 4. The normalized spacial score (nSPS) is 12.2. The number of benzene rings is 3. The van der Waals surface area contributed by atoms with Gasteiger partial charge in [0, 0.05) is 40.1 Å².